The van der Waals surface area contributed by atoms with E-state index in [0.29, 0.717) is 36.2 Å². The maximum atomic E-state index is 14.3. The molecule has 328 valence electrons. The second-order valence-corrected chi connectivity index (χ2v) is 16.5. The number of benzene rings is 4. The molecule has 7 heteroatoms. The lowest BCUT2D eigenvalue weighted by molar-refractivity contribution is -0.180. The van der Waals surface area contributed by atoms with Crippen LogP contribution in [0.3, 0.4) is 0 Å². The topological polar surface area (TPSA) is 21.8 Å². The van der Waals surface area contributed by atoms with Gasteiger partial charge in [-0.15, -0.1) is 15.5 Å². The number of aryl methyl sites for hydroxylation is 4. The SMILES string of the molecule is C=CC.CC.CCCN(CC(C)N(F)F)c1cc(C)c(CCNC)c(F)c1.CCCc1cccc2c(-c3c(CC)cc(CN4CCC(C)(C)CC4)cc3CC)cccc12. The summed E-state index contributed by atoms with van der Waals surface area (Å²) < 4.78 is 39.6. The number of hydrogen-bond acceptors (Lipinski definition) is 4. The van der Waals surface area contributed by atoms with Gasteiger partial charge in [-0.05, 0) is 165 Å². The zero-order chi connectivity index (χ0) is 44.1. The largest absolute Gasteiger partial charge is 0.370 e. The number of hydrogen-bond donors (Lipinski definition) is 1. The van der Waals surface area contributed by atoms with Gasteiger partial charge in [0, 0.05) is 30.7 Å². The van der Waals surface area contributed by atoms with Crippen molar-refractivity contribution in [2.24, 2.45) is 5.41 Å². The first-order valence-corrected chi connectivity index (χ1v) is 22.5. The van der Waals surface area contributed by atoms with Crippen LogP contribution in [0.2, 0.25) is 0 Å². The Morgan fingerprint density at radius 1 is 0.864 bits per heavy atom. The highest BCUT2D eigenvalue weighted by Crippen LogP contribution is 2.37. The molecule has 0 saturated carbocycles. The van der Waals surface area contributed by atoms with Crippen molar-refractivity contribution in [3.8, 4) is 11.1 Å². The third-order valence-electron chi connectivity index (χ3n) is 11.2. The Bertz CT molecular complexity index is 1780. The minimum atomic E-state index is -0.904. The van der Waals surface area contributed by atoms with E-state index >= 15 is 0 Å². The maximum absolute atomic E-state index is 14.3. The van der Waals surface area contributed by atoms with Crippen LogP contribution in [0.15, 0.2) is 73.3 Å². The Kier molecular flexibility index (Phi) is 23.2. The van der Waals surface area contributed by atoms with E-state index in [9.17, 15) is 13.4 Å². The van der Waals surface area contributed by atoms with E-state index in [2.05, 4.69) is 99.9 Å². The van der Waals surface area contributed by atoms with E-state index < -0.39 is 11.4 Å². The van der Waals surface area contributed by atoms with Crippen molar-refractivity contribution < 1.29 is 13.4 Å². The van der Waals surface area contributed by atoms with E-state index in [1.54, 1.807) is 6.08 Å². The minimum Gasteiger partial charge on any atom is -0.370 e. The van der Waals surface area contributed by atoms with Gasteiger partial charge in [0.2, 0.25) is 0 Å². The van der Waals surface area contributed by atoms with Crippen molar-refractivity contribution >= 4 is 16.5 Å². The summed E-state index contributed by atoms with van der Waals surface area (Å²) in [6.07, 6.45) is 10.3. The van der Waals surface area contributed by atoms with E-state index in [0.717, 1.165) is 37.8 Å². The second-order valence-electron chi connectivity index (χ2n) is 16.5. The molecule has 1 aliphatic heterocycles. The van der Waals surface area contributed by atoms with Gasteiger partial charge in [-0.1, -0.05) is 116 Å². The minimum absolute atomic E-state index is 0.162. The van der Waals surface area contributed by atoms with E-state index in [1.165, 1.54) is 89.5 Å². The van der Waals surface area contributed by atoms with Crippen molar-refractivity contribution in [2.75, 3.05) is 44.7 Å². The number of halogens is 3. The molecule has 1 N–H and O–H groups in total. The molecule has 1 fully saturated rings. The number of anilines is 1. The number of allylic oxidation sites excluding steroid dienone is 1. The molecule has 0 aromatic heterocycles. The molecular formula is C52H79F3N4. The molecule has 1 saturated heterocycles. The number of piperidine rings is 1. The van der Waals surface area contributed by atoms with E-state index in [-0.39, 0.29) is 12.4 Å². The Hall–Kier alpha value is -3.65. The van der Waals surface area contributed by atoms with Crippen molar-refractivity contribution in [1.29, 1.82) is 0 Å². The van der Waals surface area contributed by atoms with Crippen molar-refractivity contribution in [3.05, 3.63) is 113 Å². The molecule has 1 aliphatic rings. The summed E-state index contributed by atoms with van der Waals surface area (Å²) in [5.41, 5.74) is 11.6. The molecule has 59 heavy (non-hydrogen) atoms. The molecule has 4 nitrogen and oxygen atoms in total. The van der Waals surface area contributed by atoms with Crippen molar-refractivity contribution in [2.45, 2.75) is 140 Å². The number of likely N-dealkylation sites (N-methyl/N-ethyl adjacent to an activating group) is 1. The number of nitrogens with one attached hydrogen (secondary N) is 1. The number of rotatable bonds is 16. The van der Waals surface area contributed by atoms with E-state index in [1.807, 2.05) is 52.6 Å². The molecule has 1 heterocycles. The number of nitrogens with zero attached hydrogens (tertiary/aromatic N) is 3. The van der Waals surface area contributed by atoms with Gasteiger partial charge in [-0.25, -0.2) is 4.39 Å². The quantitative estimate of drug-likeness (QED) is 0.0898. The highest BCUT2D eigenvalue weighted by Gasteiger charge is 2.26. The summed E-state index contributed by atoms with van der Waals surface area (Å²) in [4.78, 5) is 4.48. The van der Waals surface area contributed by atoms with Crippen molar-refractivity contribution in [3.63, 3.8) is 0 Å². The van der Waals surface area contributed by atoms with Gasteiger partial charge in [-0.2, -0.15) is 0 Å². The summed E-state index contributed by atoms with van der Waals surface area (Å²) in [5, 5.41) is 5.04. The highest BCUT2D eigenvalue weighted by molar-refractivity contribution is 5.99. The Balaban J connectivity index is 0.000000389. The molecule has 0 amide bonds. The zero-order valence-corrected chi connectivity index (χ0v) is 39.0. The average molecular weight is 817 g/mol. The molecule has 5 rings (SSSR count). The summed E-state index contributed by atoms with van der Waals surface area (Å²) >= 11 is 0. The smallest absolute Gasteiger partial charge is 0.128 e. The Labute approximate surface area is 358 Å². The number of fused-ring (bicyclic) bond motifs is 1. The third kappa shape index (κ3) is 15.4. The zero-order valence-electron chi connectivity index (χ0n) is 39.0. The maximum Gasteiger partial charge on any atom is 0.128 e. The average Bonchev–Trinajstić information content (AvgIpc) is 3.22. The van der Waals surface area contributed by atoms with Gasteiger partial charge in [0.05, 0.1) is 6.04 Å². The molecular weight excluding hydrogens is 738 g/mol. The fourth-order valence-corrected chi connectivity index (χ4v) is 7.97. The van der Waals surface area contributed by atoms with Crippen LogP contribution in [0, 0.1) is 18.2 Å². The summed E-state index contributed by atoms with van der Waals surface area (Å²) in [5.74, 6) is -0.267. The molecule has 0 aliphatic carbocycles. The summed E-state index contributed by atoms with van der Waals surface area (Å²) in [6.45, 7) is 31.3. The van der Waals surface area contributed by atoms with Gasteiger partial charge in [-0.3, -0.25) is 4.90 Å². The normalized spacial score (nSPS) is 14.0. The van der Waals surface area contributed by atoms with E-state index in [4.69, 9.17) is 0 Å². The van der Waals surface area contributed by atoms with Crippen LogP contribution in [0.25, 0.3) is 21.9 Å². The summed E-state index contributed by atoms with van der Waals surface area (Å²) in [7, 11) is 1.83. The van der Waals surface area contributed by atoms with Gasteiger partial charge in [0.15, 0.2) is 0 Å². The molecule has 4 aromatic rings. The number of likely N-dealkylation sites (tertiary alicyclic amines) is 1. The third-order valence-corrected chi connectivity index (χ3v) is 11.2. The standard InChI is InChI=1S/C31H41N.C16H26F3N3.C3H6.C2H6/c1-6-11-26-12-9-14-28-27(26)13-10-15-29(28)30-24(7-2)20-23(21-25(30)8-3)22-32-18-16-31(4,5)17-19-32;1-5-8-21(11-13(3)22(18)19)14-9-12(2)15(6-7-20-4)16(17)10-14;1-3-2;1-2/h9-10,12-15,20-21H,6-8,11,16-19,22H2,1-5H3;9-10,13,20H,5-8,11H2,1-4H3;3H,1H2,2H3;1-2H3. The van der Waals surface area contributed by atoms with Crippen LogP contribution < -0.4 is 10.2 Å². The van der Waals surface area contributed by atoms with Crippen LogP contribution in [0.1, 0.15) is 128 Å². The van der Waals surface area contributed by atoms with Crippen LogP contribution in [-0.2, 0) is 32.2 Å². The Morgan fingerprint density at radius 2 is 1.46 bits per heavy atom. The molecule has 0 bridgehead atoms. The molecule has 0 radical (unpaired) electrons. The van der Waals surface area contributed by atoms with Gasteiger partial charge in [0.1, 0.15) is 5.82 Å². The lowest BCUT2D eigenvalue weighted by Gasteiger charge is -2.37. The first-order chi connectivity index (χ1) is 28.3. The van der Waals surface area contributed by atoms with Gasteiger partial charge in [0.25, 0.3) is 0 Å². The van der Waals surface area contributed by atoms with Gasteiger partial charge < -0.3 is 10.2 Å². The molecule has 1 unspecified atom stereocenters. The van der Waals surface area contributed by atoms with Crippen molar-refractivity contribution in [1.82, 2.24) is 15.6 Å². The Morgan fingerprint density at radius 3 is 1.98 bits per heavy atom. The summed E-state index contributed by atoms with van der Waals surface area (Å²) in [6, 6.07) is 21.3. The molecule has 0 spiro atoms. The van der Waals surface area contributed by atoms with Gasteiger partial charge >= 0.3 is 0 Å². The van der Waals surface area contributed by atoms with Crippen LogP contribution in [-0.4, -0.2) is 56.1 Å². The lowest BCUT2D eigenvalue weighted by atomic mass is 9.82. The second kappa shape index (κ2) is 26.5. The van der Waals surface area contributed by atoms with Crippen LogP contribution in [0.5, 0.6) is 0 Å². The molecule has 1 atom stereocenters. The van der Waals surface area contributed by atoms with Crippen LogP contribution in [0.4, 0.5) is 19.0 Å². The first kappa shape index (κ1) is 51.5. The fourth-order valence-electron chi connectivity index (χ4n) is 7.97. The predicted octanol–water partition coefficient (Wildman–Crippen LogP) is 14.0. The monoisotopic (exact) mass is 817 g/mol. The predicted molar refractivity (Wildman–Crippen MR) is 252 cm³/mol. The fraction of sp³-hybridized carbons (Fsp3) is 0.538. The van der Waals surface area contributed by atoms with Crippen LogP contribution >= 0.6 is 0 Å². The highest BCUT2D eigenvalue weighted by atomic mass is 19.4. The first-order valence-electron chi connectivity index (χ1n) is 22.5. The molecule has 4 aromatic carbocycles. The lowest BCUT2D eigenvalue weighted by Crippen LogP contribution is -2.36.